The van der Waals surface area contributed by atoms with Crippen LogP contribution in [0.1, 0.15) is 18.5 Å². The molecule has 0 aromatic carbocycles. The van der Waals surface area contributed by atoms with Crippen LogP contribution in [-0.2, 0) is 0 Å². The monoisotopic (exact) mass is 168 g/mol. The highest BCUT2D eigenvalue weighted by atomic mass is 16.1. The van der Waals surface area contributed by atoms with Crippen LogP contribution in [0, 0.1) is 0 Å². The molecule has 5 N–H and O–H groups in total. The molecule has 66 valence electrons. The molecule has 5 nitrogen and oxygen atoms in total. The average Bonchev–Trinajstić information content (AvgIpc) is 2.01. The Morgan fingerprint density at radius 2 is 2.42 bits per heavy atom. The van der Waals surface area contributed by atoms with Gasteiger partial charge in [-0.1, -0.05) is 6.92 Å². The van der Waals surface area contributed by atoms with Crippen molar-refractivity contribution in [3.8, 4) is 0 Å². The van der Waals surface area contributed by atoms with Gasteiger partial charge in [0.15, 0.2) is 0 Å². The third-order valence-corrected chi connectivity index (χ3v) is 1.67. The molecular formula is C7H12N4O. The van der Waals surface area contributed by atoms with Gasteiger partial charge in [-0.2, -0.15) is 4.98 Å². The van der Waals surface area contributed by atoms with Crippen LogP contribution in [-0.4, -0.2) is 16.5 Å². The summed E-state index contributed by atoms with van der Waals surface area (Å²) < 4.78 is 0. The van der Waals surface area contributed by atoms with E-state index < -0.39 is 5.69 Å². The molecule has 0 aliphatic rings. The Labute approximate surface area is 69.8 Å². The number of hydrogen-bond acceptors (Lipinski definition) is 4. The highest BCUT2D eigenvalue weighted by Gasteiger charge is 2.04. The number of aromatic amines is 1. The second-order valence-corrected chi connectivity index (χ2v) is 2.70. The SMILES string of the molecule is CC(CN)c1cc(N)nc(=O)[nH]1. The first-order chi connectivity index (χ1) is 5.63. The maximum atomic E-state index is 10.8. The van der Waals surface area contributed by atoms with E-state index in [1.807, 2.05) is 6.92 Å². The van der Waals surface area contributed by atoms with Crippen LogP contribution in [0.25, 0.3) is 0 Å². The second kappa shape index (κ2) is 3.36. The first-order valence-corrected chi connectivity index (χ1v) is 3.70. The number of nitrogens with two attached hydrogens (primary N) is 2. The first-order valence-electron chi connectivity index (χ1n) is 3.70. The van der Waals surface area contributed by atoms with Gasteiger partial charge in [0.1, 0.15) is 5.82 Å². The summed E-state index contributed by atoms with van der Waals surface area (Å²) in [4.78, 5) is 16.9. The summed E-state index contributed by atoms with van der Waals surface area (Å²) in [6.45, 7) is 2.38. The Kier molecular flexibility index (Phi) is 2.44. The van der Waals surface area contributed by atoms with Crippen LogP contribution in [0.4, 0.5) is 5.82 Å². The van der Waals surface area contributed by atoms with Gasteiger partial charge in [0.2, 0.25) is 0 Å². The van der Waals surface area contributed by atoms with Crippen molar-refractivity contribution in [3.63, 3.8) is 0 Å². The fraction of sp³-hybridized carbons (Fsp3) is 0.429. The summed E-state index contributed by atoms with van der Waals surface area (Å²) in [6.07, 6.45) is 0. The number of nitrogens with zero attached hydrogens (tertiary/aromatic N) is 1. The number of anilines is 1. The summed E-state index contributed by atoms with van der Waals surface area (Å²) in [7, 11) is 0. The molecule has 0 aliphatic heterocycles. The van der Waals surface area contributed by atoms with Gasteiger partial charge in [0.25, 0.3) is 0 Å². The molecule has 0 bridgehead atoms. The van der Waals surface area contributed by atoms with Gasteiger partial charge in [0, 0.05) is 24.2 Å². The minimum atomic E-state index is -0.426. The van der Waals surface area contributed by atoms with Crippen LogP contribution >= 0.6 is 0 Å². The summed E-state index contributed by atoms with van der Waals surface area (Å²) in [6, 6.07) is 1.62. The zero-order valence-corrected chi connectivity index (χ0v) is 6.87. The van der Waals surface area contributed by atoms with E-state index in [1.165, 1.54) is 0 Å². The normalized spacial score (nSPS) is 12.8. The van der Waals surface area contributed by atoms with E-state index in [-0.39, 0.29) is 11.7 Å². The van der Waals surface area contributed by atoms with E-state index in [2.05, 4.69) is 9.97 Å². The quantitative estimate of drug-likeness (QED) is 0.550. The lowest BCUT2D eigenvalue weighted by Gasteiger charge is -2.07. The summed E-state index contributed by atoms with van der Waals surface area (Å²) in [5.74, 6) is 0.331. The van der Waals surface area contributed by atoms with Gasteiger partial charge in [-0.3, -0.25) is 0 Å². The number of hydrogen-bond donors (Lipinski definition) is 3. The van der Waals surface area contributed by atoms with Gasteiger partial charge in [-0.05, 0) is 0 Å². The molecule has 0 amide bonds. The van der Waals surface area contributed by atoms with E-state index in [0.29, 0.717) is 6.54 Å². The molecule has 12 heavy (non-hydrogen) atoms. The maximum absolute atomic E-state index is 10.8. The standard InChI is InChI=1S/C7H12N4O/c1-4(3-8)5-2-6(9)11-7(12)10-5/h2,4H,3,8H2,1H3,(H3,9,10,11,12). The largest absolute Gasteiger partial charge is 0.383 e. The lowest BCUT2D eigenvalue weighted by Crippen LogP contribution is -2.19. The molecule has 0 saturated heterocycles. The summed E-state index contributed by atoms with van der Waals surface area (Å²) >= 11 is 0. The fourth-order valence-corrected chi connectivity index (χ4v) is 0.889. The zero-order chi connectivity index (χ0) is 9.14. The molecule has 0 fully saturated rings. The van der Waals surface area contributed by atoms with Crippen molar-refractivity contribution in [2.45, 2.75) is 12.8 Å². The third kappa shape index (κ3) is 1.82. The summed E-state index contributed by atoms with van der Waals surface area (Å²) in [5, 5.41) is 0. The highest BCUT2D eigenvalue weighted by Crippen LogP contribution is 2.09. The van der Waals surface area contributed by atoms with Crippen LogP contribution < -0.4 is 17.2 Å². The Hall–Kier alpha value is -1.36. The van der Waals surface area contributed by atoms with E-state index in [9.17, 15) is 4.79 Å². The Morgan fingerprint density at radius 3 is 2.92 bits per heavy atom. The molecule has 1 rings (SSSR count). The minimum absolute atomic E-state index is 0.1000. The molecule has 1 aromatic heterocycles. The molecule has 0 spiro atoms. The molecule has 1 atom stereocenters. The van der Waals surface area contributed by atoms with Crippen molar-refractivity contribution in [2.24, 2.45) is 5.73 Å². The highest BCUT2D eigenvalue weighted by molar-refractivity contribution is 5.29. The van der Waals surface area contributed by atoms with E-state index in [1.54, 1.807) is 6.07 Å². The molecule has 1 unspecified atom stereocenters. The van der Waals surface area contributed by atoms with Crippen LogP contribution in [0.5, 0.6) is 0 Å². The lowest BCUT2D eigenvalue weighted by atomic mass is 10.1. The van der Waals surface area contributed by atoms with Gasteiger partial charge in [-0.25, -0.2) is 4.79 Å². The van der Waals surface area contributed by atoms with Crippen LogP contribution in [0.2, 0.25) is 0 Å². The van der Waals surface area contributed by atoms with E-state index in [4.69, 9.17) is 11.5 Å². The smallest absolute Gasteiger partial charge is 0.347 e. The Morgan fingerprint density at radius 1 is 1.75 bits per heavy atom. The Bertz CT molecular complexity index is 319. The van der Waals surface area contributed by atoms with Crippen molar-refractivity contribution < 1.29 is 0 Å². The van der Waals surface area contributed by atoms with Gasteiger partial charge in [0.05, 0.1) is 0 Å². The predicted octanol–water partition coefficient (Wildman–Crippen LogP) is -0.586. The van der Waals surface area contributed by atoms with Gasteiger partial charge in [-0.15, -0.1) is 0 Å². The van der Waals surface area contributed by atoms with Crippen molar-refractivity contribution in [1.82, 2.24) is 9.97 Å². The minimum Gasteiger partial charge on any atom is -0.383 e. The molecule has 0 radical (unpaired) electrons. The molecular weight excluding hydrogens is 156 g/mol. The fourth-order valence-electron chi connectivity index (χ4n) is 0.889. The Balaban J connectivity index is 3.08. The number of aromatic nitrogens is 2. The van der Waals surface area contributed by atoms with Crippen molar-refractivity contribution in [2.75, 3.05) is 12.3 Å². The van der Waals surface area contributed by atoms with Crippen molar-refractivity contribution >= 4 is 5.82 Å². The molecule has 1 aromatic rings. The van der Waals surface area contributed by atoms with Gasteiger partial charge >= 0.3 is 5.69 Å². The molecule has 5 heteroatoms. The summed E-state index contributed by atoms with van der Waals surface area (Å²) in [5.41, 5.74) is 11.1. The first kappa shape index (κ1) is 8.73. The zero-order valence-electron chi connectivity index (χ0n) is 6.87. The van der Waals surface area contributed by atoms with Crippen LogP contribution in [0.3, 0.4) is 0 Å². The maximum Gasteiger partial charge on any atom is 0.347 e. The molecule has 0 aliphatic carbocycles. The van der Waals surface area contributed by atoms with Crippen LogP contribution in [0.15, 0.2) is 10.9 Å². The number of rotatable bonds is 2. The number of nitrogen functional groups attached to an aromatic ring is 1. The molecule has 1 heterocycles. The predicted molar refractivity (Wildman–Crippen MR) is 46.7 cm³/mol. The van der Waals surface area contributed by atoms with Crippen molar-refractivity contribution in [3.05, 3.63) is 22.2 Å². The van der Waals surface area contributed by atoms with Crippen molar-refractivity contribution in [1.29, 1.82) is 0 Å². The van der Waals surface area contributed by atoms with E-state index >= 15 is 0 Å². The average molecular weight is 168 g/mol. The topological polar surface area (TPSA) is 97.8 Å². The third-order valence-electron chi connectivity index (χ3n) is 1.67. The number of H-pyrrole nitrogens is 1. The lowest BCUT2D eigenvalue weighted by molar-refractivity contribution is 0.735. The van der Waals surface area contributed by atoms with E-state index in [0.717, 1.165) is 5.69 Å². The van der Waals surface area contributed by atoms with Gasteiger partial charge < -0.3 is 16.5 Å². The molecule has 0 saturated carbocycles. The second-order valence-electron chi connectivity index (χ2n) is 2.70. The number of nitrogens with one attached hydrogen (secondary N) is 1.